The smallest absolute Gasteiger partial charge is 0.167 e. The zero-order valence-electron chi connectivity index (χ0n) is 7.86. The first-order chi connectivity index (χ1) is 6.84. The van der Waals surface area contributed by atoms with Gasteiger partial charge in [0.2, 0.25) is 0 Å². The zero-order chi connectivity index (χ0) is 9.80. The van der Waals surface area contributed by atoms with Gasteiger partial charge in [-0.3, -0.25) is 4.79 Å². The molecular weight excluding hydrogens is 172 g/mol. The van der Waals surface area contributed by atoms with Crippen molar-refractivity contribution < 1.29 is 4.79 Å². The zero-order valence-corrected chi connectivity index (χ0v) is 7.86. The van der Waals surface area contributed by atoms with Gasteiger partial charge in [-0.05, 0) is 12.0 Å². The second-order valence-corrected chi connectivity index (χ2v) is 3.40. The van der Waals surface area contributed by atoms with Gasteiger partial charge in [0.05, 0.1) is 0 Å². The van der Waals surface area contributed by atoms with Gasteiger partial charge in [0.25, 0.3) is 0 Å². The lowest BCUT2D eigenvalue weighted by atomic mass is 9.97. The molecule has 0 aliphatic heterocycles. The molecule has 0 heterocycles. The molecule has 0 atom stereocenters. The first-order valence-electron chi connectivity index (χ1n) is 4.69. The number of Topliss-reactive ketones (excluding diaryl/α,β-unsaturated/α-hetero) is 1. The maximum absolute atomic E-state index is 11.1. The second-order valence-electron chi connectivity index (χ2n) is 3.40. The third-order valence-corrected chi connectivity index (χ3v) is 2.22. The van der Waals surface area contributed by atoms with Crippen molar-refractivity contribution >= 4 is 5.78 Å². The number of ketones is 1. The van der Waals surface area contributed by atoms with E-state index < -0.39 is 0 Å². The highest BCUT2D eigenvalue weighted by Crippen LogP contribution is 2.14. The van der Waals surface area contributed by atoms with E-state index in [1.54, 1.807) is 6.08 Å². The molecule has 0 fully saturated rings. The fourth-order valence-corrected chi connectivity index (χ4v) is 1.55. The SMILES string of the molecule is O=C1[C]=CC=C(Cc2ccccc2)C1. The molecule has 1 nitrogen and oxygen atoms in total. The summed E-state index contributed by atoms with van der Waals surface area (Å²) in [5.41, 5.74) is 2.42. The van der Waals surface area contributed by atoms with Crippen LogP contribution in [-0.2, 0) is 11.2 Å². The Morgan fingerprint density at radius 3 is 2.71 bits per heavy atom. The van der Waals surface area contributed by atoms with Crippen molar-refractivity contribution in [2.75, 3.05) is 0 Å². The summed E-state index contributed by atoms with van der Waals surface area (Å²) in [6.45, 7) is 0. The van der Waals surface area contributed by atoms with Gasteiger partial charge >= 0.3 is 0 Å². The fraction of sp³-hybridized carbons (Fsp3) is 0.154. The largest absolute Gasteiger partial charge is 0.294 e. The van der Waals surface area contributed by atoms with Gasteiger partial charge in [0.1, 0.15) is 0 Å². The Hall–Kier alpha value is -1.63. The topological polar surface area (TPSA) is 17.1 Å². The Morgan fingerprint density at radius 2 is 2.00 bits per heavy atom. The van der Waals surface area contributed by atoms with Crippen molar-refractivity contribution in [3.63, 3.8) is 0 Å². The van der Waals surface area contributed by atoms with Crippen LogP contribution in [-0.4, -0.2) is 5.78 Å². The van der Waals surface area contributed by atoms with E-state index in [0.29, 0.717) is 6.42 Å². The molecule has 0 saturated carbocycles. The minimum Gasteiger partial charge on any atom is -0.294 e. The molecule has 1 aliphatic rings. The number of carbonyl (C=O) groups excluding carboxylic acids is 1. The highest BCUT2D eigenvalue weighted by Gasteiger charge is 2.07. The van der Waals surface area contributed by atoms with Gasteiger partial charge in [-0.25, -0.2) is 0 Å². The van der Waals surface area contributed by atoms with Gasteiger partial charge in [0, 0.05) is 12.5 Å². The lowest BCUT2D eigenvalue weighted by Crippen LogP contribution is -2.02. The fourth-order valence-electron chi connectivity index (χ4n) is 1.55. The number of allylic oxidation sites excluding steroid dienone is 4. The Kier molecular flexibility index (Phi) is 2.59. The number of carbonyl (C=O) groups is 1. The predicted molar refractivity (Wildman–Crippen MR) is 55.7 cm³/mol. The summed E-state index contributed by atoms with van der Waals surface area (Å²) >= 11 is 0. The predicted octanol–water partition coefficient (Wildman–Crippen LogP) is 2.49. The van der Waals surface area contributed by atoms with Gasteiger partial charge in [-0.15, -0.1) is 0 Å². The Labute approximate surface area is 83.8 Å². The first-order valence-corrected chi connectivity index (χ1v) is 4.69. The molecule has 1 aromatic rings. The molecule has 0 amide bonds. The van der Waals surface area contributed by atoms with E-state index in [1.807, 2.05) is 24.3 Å². The van der Waals surface area contributed by atoms with Crippen LogP contribution in [0.2, 0.25) is 0 Å². The van der Waals surface area contributed by atoms with Crippen LogP contribution in [0.15, 0.2) is 48.1 Å². The van der Waals surface area contributed by atoms with Crippen LogP contribution in [0, 0.1) is 6.08 Å². The summed E-state index contributed by atoms with van der Waals surface area (Å²) < 4.78 is 0. The molecule has 0 bridgehead atoms. The van der Waals surface area contributed by atoms with Gasteiger partial charge in [-0.1, -0.05) is 48.1 Å². The van der Waals surface area contributed by atoms with Crippen LogP contribution in [0.5, 0.6) is 0 Å². The summed E-state index contributed by atoms with van der Waals surface area (Å²) in [5, 5.41) is 0. The molecule has 14 heavy (non-hydrogen) atoms. The Morgan fingerprint density at radius 1 is 1.21 bits per heavy atom. The second kappa shape index (κ2) is 4.05. The number of hydrogen-bond acceptors (Lipinski definition) is 1. The average Bonchev–Trinajstić information content (AvgIpc) is 2.19. The van der Waals surface area contributed by atoms with Crippen molar-refractivity contribution in [1.82, 2.24) is 0 Å². The minimum absolute atomic E-state index is 0.0819. The number of benzene rings is 1. The van der Waals surface area contributed by atoms with Gasteiger partial charge in [0.15, 0.2) is 5.78 Å². The van der Waals surface area contributed by atoms with E-state index in [-0.39, 0.29) is 5.78 Å². The quantitative estimate of drug-likeness (QED) is 0.688. The van der Waals surface area contributed by atoms with E-state index in [4.69, 9.17) is 0 Å². The molecule has 0 spiro atoms. The molecule has 1 aliphatic carbocycles. The molecule has 1 heteroatoms. The summed E-state index contributed by atoms with van der Waals surface area (Å²) in [6.07, 6.45) is 7.74. The molecule has 69 valence electrons. The number of hydrogen-bond donors (Lipinski definition) is 0. The van der Waals surface area contributed by atoms with Gasteiger partial charge in [-0.2, -0.15) is 0 Å². The van der Waals surface area contributed by atoms with Crippen LogP contribution in [0.3, 0.4) is 0 Å². The molecule has 0 aromatic heterocycles. The Balaban J connectivity index is 2.09. The normalized spacial score (nSPS) is 15.4. The molecule has 2 rings (SSSR count). The van der Waals surface area contributed by atoms with Crippen LogP contribution < -0.4 is 0 Å². The van der Waals surface area contributed by atoms with E-state index in [9.17, 15) is 4.79 Å². The lowest BCUT2D eigenvalue weighted by molar-refractivity contribution is -0.114. The summed E-state index contributed by atoms with van der Waals surface area (Å²) in [4.78, 5) is 11.1. The number of rotatable bonds is 2. The van der Waals surface area contributed by atoms with Gasteiger partial charge < -0.3 is 0 Å². The average molecular weight is 183 g/mol. The highest BCUT2D eigenvalue weighted by molar-refractivity contribution is 5.89. The molecule has 1 aromatic carbocycles. The molecule has 0 N–H and O–H groups in total. The van der Waals surface area contributed by atoms with Crippen molar-refractivity contribution in [1.29, 1.82) is 0 Å². The van der Waals surface area contributed by atoms with Crippen LogP contribution >= 0.6 is 0 Å². The monoisotopic (exact) mass is 183 g/mol. The molecule has 1 radical (unpaired) electrons. The van der Waals surface area contributed by atoms with Crippen molar-refractivity contribution in [3.05, 3.63) is 59.7 Å². The van der Waals surface area contributed by atoms with Crippen LogP contribution in [0.4, 0.5) is 0 Å². The molecule has 0 unspecified atom stereocenters. The molecular formula is C13H11O. The highest BCUT2D eigenvalue weighted by atomic mass is 16.1. The molecule has 0 saturated heterocycles. The maximum Gasteiger partial charge on any atom is 0.167 e. The van der Waals surface area contributed by atoms with E-state index >= 15 is 0 Å². The first kappa shape index (κ1) is 8.95. The maximum atomic E-state index is 11.1. The lowest BCUT2D eigenvalue weighted by Gasteiger charge is -2.07. The van der Waals surface area contributed by atoms with E-state index in [2.05, 4.69) is 18.2 Å². The summed E-state index contributed by atoms with van der Waals surface area (Å²) in [7, 11) is 0. The Bertz CT molecular complexity index is 385. The van der Waals surface area contributed by atoms with Crippen LogP contribution in [0.1, 0.15) is 12.0 Å². The van der Waals surface area contributed by atoms with Crippen molar-refractivity contribution in [2.24, 2.45) is 0 Å². The van der Waals surface area contributed by atoms with Crippen molar-refractivity contribution in [3.8, 4) is 0 Å². The third kappa shape index (κ3) is 2.19. The van der Waals surface area contributed by atoms with Crippen molar-refractivity contribution in [2.45, 2.75) is 12.8 Å². The van der Waals surface area contributed by atoms with E-state index in [1.165, 1.54) is 11.1 Å². The summed E-state index contributed by atoms with van der Waals surface area (Å²) in [6, 6.07) is 10.2. The van der Waals surface area contributed by atoms with Crippen LogP contribution in [0.25, 0.3) is 0 Å². The summed E-state index contributed by atoms with van der Waals surface area (Å²) in [5.74, 6) is 0.0819. The standard InChI is InChI=1S/C13H11O/c14-13-8-4-7-12(10-13)9-11-5-2-1-3-6-11/h1-7H,9-10H2. The van der Waals surface area contributed by atoms with E-state index in [0.717, 1.165) is 6.42 Å². The minimum atomic E-state index is 0.0819. The third-order valence-electron chi connectivity index (χ3n) is 2.22.